The predicted molar refractivity (Wildman–Crippen MR) is 83.2 cm³/mol. The number of nitrogens with one attached hydrogen (secondary N) is 1. The summed E-state index contributed by atoms with van der Waals surface area (Å²) >= 11 is 0. The van der Waals surface area contributed by atoms with Gasteiger partial charge in [-0.25, -0.2) is 9.37 Å². The van der Waals surface area contributed by atoms with Crippen LogP contribution in [-0.2, 0) is 11.3 Å². The third-order valence-corrected chi connectivity index (χ3v) is 3.72. The van der Waals surface area contributed by atoms with Gasteiger partial charge in [-0.15, -0.1) is 0 Å². The molecule has 1 N–H and O–H groups in total. The monoisotopic (exact) mass is 334 g/mol. The van der Waals surface area contributed by atoms with Crippen molar-refractivity contribution in [1.82, 2.24) is 10.3 Å². The first kappa shape index (κ1) is 16.4. The third-order valence-electron chi connectivity index (χ3n) is 3.72. The van der Waals surface area contributed by atoms with E-state index in [2.05, 4.69) is 10.3 Å². The topological polar surface area (TPSA) is 73.6 Å². The minimum absolute atomic E-state index is 0.0602. The Morgan fingerprint density at radius 2 is 2.17 bits per heavy atom. The molecule has 1 saturated heterocycles. The van der Waals surface area contributed by atoms with Crippen molar-refractivity contribution in [2.24, 2.45) is 0 Å². The lowest BCUT2D eigenvalue weighted by atomic mass is 10.1. The average Bonchev–Trinajstić information content (AvgIpc) is 3.09. The Morgan fingerprint density at radius 3 is 2.92 bits per heavy atom. The first-order valence-corrected chi connectivity index (χ1v) is 7.93. The second-order valence-electron chi connectivity index (χ2n) is 5.57. The number of oxazole rings is 1. The summed E-state index contributed by atoms with van der Waals surface area (Å²) in [7, 11) is 0. The summed E-state index contributed by atoms with van der Waals surface area (Å²) < 4.78 is 29.0. The van der Waals surface area contributed by atoms with Gasteiger partial charge in [-0.05, 0) is 43.5 Å². The fraction of sp³-hybridized carbons (Fsp3) is 0.412. The number of carbonyl (C=O) groups is 1. The Balaban J connectivity index is 1.47. The Hall–Kier alpha value is -2.41. The van der Waals surface area contributed by atoms with Crippen molar-refractivity contribution < 1.29 is 23.1 Å². The van der Waals surface area contributed by atoms with Crippen LogP contribution in [0.1, 0.15) is 35.6 Å². The van der Waals surface area contributed by atoms with Gasteiger partial charge in [0.25, 0.3) is 5.91 Å². The van der Waals surface area contributed by atoms with Crippen molar-refractivity contribution in [2.45, 2.75) is 32.0 Å². The number of ether oxygens (including phenoxy) is 2. The number of amides is 1. The maximum atomic E-state index is 12.8. The standard InChI is InChI=1S/C17H19FN2O4/c18-12-4-6-13(7-5-12)23-11-16-20-15(10-24-16)17(21)19-9-14-3-1-2-8-22-14/h4-7,10,14H,1-3,8-9,11H2,(H,19,21)/t14-/m0/s1. The molecule has 0 saturated carbocycles. The lowest BCUT2D eigenvalue weighted by Crippen LogP contribution is -2.35. The molecule has 0 bridgehead atoms. The van der Waals surface area contributed by atoms with Crippen molar-refractivity contribution in [3.63, 3.8) is 0 Å². The van der Waals surface area contributed by atoms with Crippen LogP contribution in [0.15, 0.2) is 34.9 Å². The van der Waals surface area contributed by atoms with Gasteiger partial charge >= 0.3 is 0 Å². The van der Waals surface area contributed by atoms with Crippen LogP contribution in [0.3, 0.4) is 0 Å². The number of hydrogen-bond donors (Lipinski definition) is 1. The Morgan fingerprint density at radius 1 is 1.33 bits per heavy atom. The molecule has 0 unspecified atom stereocenters. The highest BCUT2D eigenvalue weighted by molar-refractivity contribution is 5.91. The molecule has 7 heteroatoms. The molecule has 1 fully saturated rings. The van der Waals surface area contributed by atoms with Gasteiger partial charge < -0.3 is 19.2 Å². The number of hydrogen-bond acceptors (Lipinski definition) is 5. The molecule has 2 heterocycles. The molecule has 0 spiro atoms. The van der Waals surface area contributed by atoms with Crippen LogP contribution in [0.5, 0.6) is 5.75 Å². The summed E-state index contributed by atoms with van der Waals surface area (Å²) in [5, 5.41) is 2.79. The van der Waals surface area contributed by atoms with Gasteiger partial charge in [-0.2, -0.15) is 0 Å². The summed E-state index contributed by atoms with van der Waals surface area (Å²) in [6.07, 6.45) is 4.51. The zero-order chi connectivity index (χ0) is 16.8. The molecule has 1 aromatic carbocycles. The number of benzene rings is 1. The molecule has 0 aliphatic carbocycles. The highest BCUT2D eigenvalue weighted by Crippen LogP contribution is 2.14. The van der Waals surface area contributed by atoms with E-state index in [0.717, 1.165) is 25.9 Å². The largest absolute Gasteiger partial charge is 0.484 e. The molecule has 6 nitrogen and oxygen atoms in total. The minimum atomic E-state index is -0.334. The van der Waals surface area contributed by atoms with Gasteiger partial charge in [0.15, 0.2) is 12.3 Å². The lowest BCUT2D eigenvalue weighted by Gasteiger charge is -2.22. The Kier molecular flexibility index (Phi) is 5.43. The van der Waals surface area contributed by atoms with Gasteiger partial charge in [0.2, 0.25) is 5.89 Å². The van der Waals surface area contributed by atoms with Crippen molar-refractivity contribution in [3.05, 3.63) is 47.9 Å². The van der Waals surface area contributed by atoms with Gasteiger partial charge in [0.05, 0.1) is 6.10 Å². The van der Waals surface area contributed by atoms with E-state index in [4.69, 9.17) is 13.9 Å². The molecule has 2 aromatic rings. The molecular weight excluding hydrogens is 315 g/mol. The SMILES string of the molecule is O=C(NC[C@@H]1CCCCO1)c1coc(COc2ccc(F)cc2)n1. The minimum Gasteiger partial charge on any atom is -0.484 e. The number of nitrogens with zero attached hydrogens (tertiary/aromatic N) is 1. The quantitative estimate of drug-likeness (QED) is 0.879. The maximum absolute atomic E-state index is 12.8. The summed E-state index contributed by atoms with van der Waals surface area (Å²) in [6, 6.07) is 5.63. The molecule has 1 aliphatic heterocycles. The summed E-state index contributed by atoms with van der Waals surface area (Å²) in [4.78, 5) is 16.1. The maximum Gasteiger partial charge on any atom is 0.273 e. The first-order chi connectivity index (χ1) is 11.7. The van der Waals surface area contributed by atoms with Crippen molar-refractivity contribution in [2.75, 3.05) is 13.2 Å². The molecule has 0 radical (unpaired) electrons. The van der Waals surface area contributed by atoms with Gasteiger partial charge in [0, 0.05) is 13.2 Å². The second-order valence-corrected chi connectivity index (χ2v) is 5.57. The number of rotatable bonds is 6. The van der Waals surface area contributed by atoms with Gasteiger partial charge in [0.1, 0.15) is 17.8 Å². The molecule has 1 atom stereocenters. The normalized spacial score (nSPS) is 17.5. The zero-order valence-electron chi connectivity index (χ0n) is 13.2. The zero-order valence-corrected chi connectivity index (χ0v) is 13.2. The van der Waals surface area contributed by atoms with Crippen LogP contribution in [0.4, 0.5) is 4.39 Å². The predicted octanol–water partition coefficient (Wildman–Crippen LogP) is 2.69. The molecule has 1 aliphatic rings. The van der Waals surface area contributed by atoms with E-state index in [1.807, 2.05) is 0 Å². The lowest BCUT2D eigenvalue weighted by molar-refractivity contribution is 0.0168. The number of carbonyl (C=O) groups excluding carboxylic acids is 1. The van der Waals surface area contributed by atoms with Crippen LogP contribution in [0, 0.1) is 5.82 Å². The van der Waals surface area contributed by atoms with Gasteiger partial charge in [-0.1, -0.05) is 0 Å². The molecule has 1 amide bonds. The molecule has 24 heavy (non-hydrogen) atoms. The van der Waals surface area contributed by atoms with Crippen LogP contribution in [0.25, 0.3) is 0 Å². The van der Waals surface area contributed by atoms with E-state index in [9.17, 15) is 9.18 Å². The molecule has 3 rings (SSSR count). The summed E-state index contributed by atoms with van der Waals surface area (Å²) in [5.74, 6) is 0.133. The molecular formula is C17H19FN2O4. The molecule has 1 aromatic heterocycles. The second kappa shape index (κ2) is 7.92. The number of halogens is 1. The first-order valence-electron chi connectivity index (χ1n) is 7.93. The van der Waals surface area contributed by atoms with E-state index in [0.29, 0.717) is 12.3 Å². The van der Waals surface area contributed by atoms with E-state index < -0.39 is 0 Å². The van der Waals surface area contributed by atoms with E-state index in [-0.39, 0.29) is 36.0 Å². The third kappa shape index (κ3) is 4.55. The summed E-state index contributed by atoms with van der Waals surface area (Å²) in [5.41, 5.74) is 0.198. The van der Waals surface area contributed by atoms with Crippen LogP contribution >= 0.6 is 0 Å². The van der Waals surface area contributed by atoms with E-state index >= 15 is 0 Å². The van der Waals surface area contributed by atoms with Crippen molar-refractivity contribution in [3.8, 4) is 5.75 Å². The highest BCUT2D eigenvalue weighted by atomic mass is 19.1. The van der Waals surface area contributed by atoms with Crippen molar-refractivity contribution >= 4 is 5.91 Å². The van der Waals surface area contributed by atoms with E-state index in [1.54, 1.807) is 0 Å². The number of aromatic nitrogens is 1. The van der Waals surface area contributed by atoms with Gasteiger partial charge in [-0.3, -0.25) is 4.79 Å². The van der Waals surface area contributed by atoms with Crippen LogP contribution in [0.2, 0.25) is 0 Å². The Labute approximate surface area is 139 Å². The van der Waals surface area contributed by atoms with E-state index in [1.165, 1.54) is 30.5 Å². The fourth-order valence-corrected chi connectivity index (χ4v) is 2.42. The average molecular weight is 334 g/mol. The van der Waals surface area contributed by atoms with Crippen molar-refractivity contribution in [1.29, 1.82) is 0 Å². The van der Waals surface area contributed by atoms with Crippen LogP contribution in [-0.4, -0.2) is 30.1 Å². The fourth-order valence-electron chi connectivity index (χ4n) is 2.42. The summed E-state index contributed by atoms with van der Waals surface area (Å²) in [6.45, 7) is 1.27. The highest BCUT2D eigenvalue weighted by Gasteiger charge is 2.17. The van der Waals surface area contributed by atoms with Crippen LogP contribution < -0.4 is 10.1 Å². The smallest absolute Gasteiger partial charge is 0.273 e. The Bertz CT molecular complexity index is 665. The molecule has 128 valence electrons.